The van der Waals surface area contributed by atoms with Crippen molar-refractivity contribution in [3.8, 4) is 0 Å². The molecule has 1 aromatic rings. The number of imide groups is 1. The van der Waals surface area contributed by atoms with Gasteiger partial charge in [-0.1, -0.05) is 56.0 Å². The molecule has 0 radical (unpaired) electrons. The van der Waals surface area contributed by atoms with E-state index in [2.05, 4.69) is 5.32 Å². The molecule has 1 saturated carbocycles. The number of carbonyl (C=O) groups excluding carboxylic acids is 4. The Balaban J connectivity index is 1.58. The van der Waals surface area contributed by atoms with Gasteiger partial charge in [-0.3, -0.25) is 24.9 Å². The number of ether oxygens (including phenoxy) is 1. The summed E-state index contributed by atoms with van der Waals surface area (Å²) in [4.78, 5) is 50.4. The fraction of sp³-hybridized carbons (Fsp3) is 0.565. The molecule has 1 heterocycles. The third-order valence-electron chi connectivity index (χ3n) is 6.25. The minimum Gasteiger partial charge on any atom is -0.444 e. The van der Waals surface area contributed by atoms with E-state index in [1.165, 1.54) is 4.90 Å². The van der Waals surface area contributed by atoms with Crippen LogP contribution < -0.4 is 5.32 Å². The Labute approximate surface area is 187 Å². The molecule has 4 amide bonds. The fourth-order valence-electron chi connectivity index (χ4n) is 4.65. The summed E-state index contributed by atoms with van der Waals surface area (Å²) in [6, 6.07) is 8.33. The molecule has 0 spiro atoms. The fourth-order valence-corrected chi connectivity index (χ4v) is 4.65. The van der Waals surface area contributed by atoms with Crippen LogP contribution in [0.4, 0.5) is 4.79 Å². The van der Waals surface area contributed by atoms with Gasteiger partial charge < -0.3 is 9.64 Å². The van der Waals surface area contributed by atoms with Gasteiger partial charge in [0.15, 0.2) is 0 Å². The molecule has 2 fully saturated rings. The van der Waals surface area contributed by atoms with Gasteiger partial charge in [-0.25, -0.2) is 9.86 Å². The molecular weight excluding hydrogens is 414 g/mol. The lowest BCUT2D eigenvalue weighted by Gasteiger charge is -2.30. The van der Waals surface area contributed by atoms with Crippen LogP contribution in [0.3, 0.4) is 0 Å². The number of nitrogens with one attached hydrogen (secondary N) is 1. The van der Waals surface area contributed by atoms with Gasteiger partial charge in [-0.15, -0.1) is 0 Å². The number of likely N-dealkylation sites (tertiary alicyclic amines) is 1. The summed E-state index contributed by atoms with van der Waals surface area (Å²) in [5, 5.41) is 12.4. The van der Waals surface area contributed by atoms with Crippen LogP contribution in [0.15, 0.2) is 30.3 Å². The number of hydrogen-bond acceptors (Lipinski definition) is 6. The van der Waals surface area contributed by atoms with Crippen molar-refractivity contribution in [1.82, 2.24) is 15.3 Å². The van der Waals surface area contributed by atoms with Gasteiger partial charge in [0, 0.05) is 6.54 Å². The van der Waals surface area contributed by atoms with Gasteiger partial charge in [0.1, 0.15) is 12.6 Å². The molecule has 1 saturated heterocycles. The number of benzene rings is 1. The molecule has 0 bridgehead atoms. The van der Waals surface area contributed by atoms with Gasteiger partial charge in [-0.05, 0) is 30.7 Å². The normalized spacial score (nSPS) is 19.4. The van der Waals surface area contributed by atoms with Crippen molar-refractivity contribution in [2.45, 2.75) is 57.6 Å². The average Bonchev–Trinajstić information content (AvgIpc) is 3.49. The van der Waals surface area contributed by atoms with Gasteiger partial charge in [-0.2, -0.15) is 0 Å². The Morgan fingerprint density at radius 2 is 1.88 bits per heavy atom. The van der Waals surface area contributed by atoms with Crippen molar-refractivity contribution in [2.75, 3.05) is 13.1 Å². The first kappa shape index (κ1) is 23.7. The molecule has 1 aliphatic carbocycles. The Morgan fingerprint density at radius 1 is 1.16 bits per heavy atom. The van der Waals surface area contributed by atoms with Crippen LogP contribution in [0.2, 0.25) is 0 Å². The molecule has 2 N–H and O–H groups in total. The van der Waals surface area contributed by atoms with Crippen molar-refractivity contribution in [1.29, 1.82) is 0 Å². The molecule has 2 aliphatic rings. The van der Waals surface area contributed by atoms with Crippen molar-refractivity contribution in [3.05, 3.63) is 35.9 Å². The van der Waals surface area contributed by atoms with E-state index < -0.39 is 24.0 Å². The van der Waals surface area contributed by atoms with E-state index in [1.54, 1.807) is 12.1 Å². The third kappa shape index (κ3) is 6.53. The van der Waals surface area contributed by atoms with Crippen molar-refractivity contribution < 1.29 is 29.1 Å². The number of hydrogen-bond donors (Lipinski definition) is 2. The highest BCUT2D eigenvalue weighted by Crippen LogP contribution is 2.32. The average molecular weight is 446 g/mol. The van der Waals surface area contributed by atoms with E-state index in [0.29, 0.717) is 36.8 Å². The molecule has 3 rings (SSSR count). The summed E-state index contributed by atoms with van der Waals surface area (Å²) < 4.78 is 5.10. The molecule has 9 heteroatoms. The lowest BCUT2D eigenvalue weighted by Crippen LogP contribution is -2.50. The smallest absolute Gasteiger partial charge is 0.414 e. The number of hydroxylamine groups is 2. The second kappa shape index (κ2) is 11.6. The summed E-state index contributed by atoms with van der Waals surface area (Å²) in [5.74, 6) is -1.07. The Bertz CT molecular complexity index is 796. The monoisotopic (exact) mass is 445 g/mol. The first-order chi connectivity index (χ1) is 15.5. The van der Waals surface area contributed by atoms with E-state index in [4.69, 9.17) is 4.74 Å². The predicted octanol–water partition coefficient (Wildman–Crippen LogP) is 2.47. The zero-order valence-electron chi connectivity index (χ0n) is 18.2. The molecule has 9 nitrogen and oxygen atoms in total. The molecule has 0 aromatic heterocycles. The molecule has 174 valence electrons. The highest BCUT2D eigenvalue weighted by Gasteiger charge is 2.39. The standard InChI is InChI=1S/C23H31N3O6/c27-16-25(31)14-19(13-17-7-4-5-8-17)22(29)26-12-6-11-20(26)21(28)24-23(30)32-15-18-9-2-1-3-10-18/h1-3,9-10,16-17,19-20,31H,4-8,11-15H2,(H,24,28,30)/t19-,20+/m1/s1. The SMILES string of the molecule is O=CN(O)C[C@@H](CC1CCCC1)C(=O)N1CCC[C@H]1C(=O)NC(=O)OCc1ccccc1. The molecular formula is C23H31N3O6. The lowest BCUT2D eigenvalue weighted by atomic mass is 9.91. The molecule has 32 heavy (non-hydrogen) atoms. The van der Waals surface area contributed by atoms with Crippen molar-refractivity contribution >= 4 is 24.3 Å². The second-order valence-electron chi connectivity index (χ2n) is 8.55. The number of amides is 4. The number of alkyl carbamates (subject to hydrolysis) is 1. The van der Waals surface area contributed by atoms with Gasteiger partial charge >= 0.3 is 6.09 Å². The molecule has 2 atom stereocenters. The third-order valence-corrected chi connectivity index (χ3v) is 6.25. The van der Waals surface area contributed by atoms with Crippen LogP contribution >= 0.6 is 0 Å². The van der Waals surface area contributed by atoms with E-state index in [1.807, 2.05) is 18.2 Å². The summed E-state index contributed by atoms with van der Waals surface area (Å²) in [6.07, 6.45) is 5.33. The van der Waals surface area contributed by atoms with Crippen LogP contribution in [0.1, 0.15) is 50.5 Å². The molecule has 0 unspecified atom stereocenters. The first-order valence-electron chi connectivity index (χ1n) is 11.2. The van der Waals surface area contributed by atoms with Crippen molar-refractivity contribution in [3.63, 3.8) is 0 Å². The summed E-state index contributed by atoms with van der Waals surface area (Å²) >= 11 is 0. The molecule has 1 aliphatic heterocycles. The lowest BCUT2D eigenvalue weighted by molar-refractivity contribution is -0.158. The predicted molar refractivity (Wildman–Crippen MR) is 114 cm³/mol. The van der Waals surface area contributed by atoms with Crippen molar-refractivity contribution in [2.24, 2.45) is 11.8 Å². The Kier molecular flexibility index (Phi) is 8.61. The maximum absolute atomic E-state index is 13.3. The van der Waals surface area contributed by atoms with Crippen LogP contribution in [0, 0.1) is 11.8 Å². The second-order valence-corrected chi connectivity index (χ2v) is 8.55. The summed E-state index contributed by atoms with van der Waals surface area (Å²) in [7, 11) is 0. The maximum atomic E-state index is 13.3. The maximum Gasteiger partial charge on any atom is 0.414 e. The van der Waals surface area contributed by atoms with E-state index in [0.717, 1.165) is 31.2 Å². The van der Waals surface area contributed by atoms with E-state index in [9.17, 15) is 24.4 Å². The van der Waals surface area contributed by atoms with Crippen LogP contribution in [0.5, 0.6) is 0 Å². The topological polar surface area (TPSA) is 116 Å². The Morgan fingerprint density at radius 3 is 2.56 bits per heavy atom. The zero-order chi connectivity index (χ0) is 22.9. The van der Waals surface area contributed by atoms with E-state index >= 15 is 0 Å². The highest BCUT2D eigenvalue weighted by atomic mass is 16.5. The quantitative estimate of drug-likeness (QED) is 0.343. The van der Waals surface area contributed by atoms with E-state index in [-0.39, 0.29) is 25.5 Å². The molecule has 1 aromatic carbocycles. The largest absolute Gasteiger partial charge is 0.444 e. The summed E-state index contributed by atoms with van der Waals surface area (Å²) in [6.45, 7) is 0.321. The van der Waals surface area contributed by atoms with Crippen LogP contribution in [-0.4, -0.2) is 58.6 Å². The number of nitrogens with zero attached hydrogens (tertiary/aromatic N) is 2. The number of rotatable bonds is 9. The van der Waals surface area contributed by atoms with Gasteiger partial charge in [0.2, 0.25) is 12.3 Å². The van der Waals surface area contributed by atoms with Crippen LogP contribution in [-0.2, 0) is 25.7 Å². The zero-order valence-corrected chi connectivity index (χ0v) is 18.2. The van der Waals surface area contributed by atoms with Gasteiger partial charge in [0.05, 0.1) is 12.5 Å². The Hall–Kier alpha value is -2.94. The van der Waals surface area contributed by atoms with Gasteiger partial charge in [0.25, 0.3) is 5.91 Å². The minimum atomic E-state index is -0.858. The number of carbonyl (C=O) groups is 4. The summed E-state index contributed by atoms with van der Waals surface area (Å²) in [5.41, 5.74) is 0.797. The van der Waals surface area contributed by atoms with Crippen LogP contribution in [0.25, 0.3) is 0 Å². The highest BCUT2D eigenvalue weighted by molar-refractivity contribution is 5.97. The minimum absolute atomic E-state index is 0.0365. The first-order valence-corrected chi connectivity index (χ1v) is 11.2.